The fourth-order valence-electron chi connectivity index (χ4n) is 1.48. The first-order chi connectivity index (χ1) is 5.68. The Bertz CT molecular complexity index is 151. The van der Waals surface area contributed by atoms with Gasteiger partial charge in [0.1, 0.15) is 0 Å². The molecule has 0 spiro atoms. The monoisotopic (exact) mass is 169 g/mol. The molecule has 1 saturated heterocycles. The largest absolute Gasteiger partial charge is 0.370 e. The van der Waals surface area contributed by atoms with Gasteiger partial charge in [-0.2, -0.15) is 0 Å². The van der Waals surface area contributed by atoms with Crippen molar-refractivity contribution in [3.63, 3.8) is 0 Å². The highest BCUT2D eigenvalue weighted by atomic mass is 16.1. The zero-order valence-corrected chi connectivity index (χ0v) is 7.46. The van der Waals surface area contributed by atoms with Crippen molar-refractivity contribution < 1.29 is 4.79 Å². The van der Waals surface area contributed by atoms with Crippen LogP contribution in [-0.2, 0) is 4.79 Å². The molecule has 0 unspecified atom stereocenters. The molecule has 1 radical (unpaired) electrons. The lowest BCUT2D eigenvalue weighted by Gasteiger charge is -2.29. The molecule has 0 atom stereocenters. The molecule has 0 aromatic carbocycles. The fraction of sp³-hybridized carbons (Fsp3) is 0.778. The fourth-order valence-corrected chi connectivity index (χ4v) is 1.48. The van der Waals surface area contributed by atoms with Crippen LogP contribution in [0.5, 0.6) is 0 Å². The molecule has 0 aliphatic carbocycles. The average molecular weight is 169 g/mol. The molecular formula is C9H17N2O. The van der Waals surface area contributed by atoms with E-state index in [2.05, 4.69) is 11.8 Å². The number of carbonyl (C=O) groups is 1. The summed E-state index contributed by atoms with van der Waals surface area (Å²) in [6.45, 7) is 6.97. The van der Waals surface area contributed by atoms with Gasteiger partial charge in [-0.25, -0.2) is 0 Å². The highest BCUT2D eigenvalue weighted by molar-refractivity contribution is 5.73. The number of nitrogens with two attached hydrogens (primary N) is 1. The number of carbonyl (C=O) groups excluding carboxylic acids is 1. The van der Waals surface area contributed by atoms with Crippen LogP contribution in [0.2, 0.25) is 0 Å². The molecule has 1 heterocycles. The zero-order valence-electron chi connectivity index (χ0n) is 7.46. The molecule has 1 aliphatic heterocycles. The second-order valence-corrected chi connectivity index (χ2v) is 3.50. The summed E-state index contributed by atoms with van der Waals surface area (Å²) in [5, 5.41) is 0. The van der Waals surface area contributed by atoms with Gasteiger partial charge in [0.2, 0.25) is 5.91 Å². The van der Waals surface area contributed by atoms with Gasteiger partial charge in [0.05, 0.1) is 0 Å². The summed E-state index contributed by atoms with van der Waals surface area (Å²) < 4.78 is 0. The Labute approximate surface area is 73.9 Å². The maximum Gasteiger partial charge on any atom is 0.218 e. The molecule has 0 aromatic rings. The van der Waals surface area contributed by atoms with Gasteiger partial charge in [-0.3, -0.25) is 4.79 Å². The van der Waals surface area contributed by atoms with E-state index in [-0.39, 0.29) is 5.91 Å². The lowest BCUT2D eigenvalue weighted by atomic mass is 9.99. The Morgan fingerprint density at radius 2 is 2.08 bits per heavy atom. The Balaban J connectivity index is 2.13. The van der Waals surface area contributed by atoms with Crippen molar-refractivity contribution in [3.05, 3.63) is 6.92 Å². The SMILES string of the molecule is [CH2]C1CCN(CCC(N)=O)CC1. The Morgan fingerprint density at radius 1 is 1.50 bits per heavy atom. The maximum atomic E-state index is 10.5. The third-order valence-electron chi connectivity index (χ3n) is 2.38. The normalized spacial score (nSPS) is 21.1. The summed E-state index contributed by atoms with van der Waals surface area (Å²) in [5.74, 6) is 0.404. The molecule has 3 heteroatoms. The first-order valence-electron chi connectivity index (χ1n) is 4.52. The summed E-state index contributed by atoms with van der Waals surface area (Å²) in [6.07, 6.45) is 2.79. The van der Waals surface area contributed by atoms with Crippen LogP contribution < -0.4 is 5.73 Å². The van der Waals surface area contributed by atoms with Crippen molar-refractivity contribution in [2.75, 3.05) is 19.6 Å². The van der Waals surface area contributed by atoms with Crippen molar-refractivity contribution in [2.45, 2.75) is 19.3 Å². The number of hydrogen-bond donors (Lipinski definition) is 1. The average Bonchev–Trinajstić information content (AvgIpc) is 2.03. The molecule has 0 bridgehead atoms. The molecule has 0 aromatic heterocycles. The quantitative estimate of drug-likeness (QED) is 0.665. The summed E-state index contributed by atoms with van der Waals surface area (Å²) >= 11 is 0. The molecule has 69 valence electrons. The summed E-state index contributed by atoms with van der Waals surface area (Å²) in [4.78, 5) is 12.8. The lowest BCUT2D eigenvalue weighted by Crippen LogP contribution is -2.35. The van der Waals surface area contributed by atoms with Gasteiger partial charge in [0, 0.05) is 13.0 Å². The first-order valence-corrected chi connectivity index (χ1v) is 4.52. The van der Waals surface area contributed by atoms with E-state index in [4.69, 9.17) is 5.73 Å². The Kier molecular flexibility index (Phi) is 3.53. The molecule has 1 amide bonds. The molecule has 2 N–H and O–H groups in total. The van der Waals surface area contributed by atoms with E-state index in [1.165, 1.54) is 0 Å². The minimum atomic E-state index is -0.202. The van der Waals surface area contributed by atoms with Crippen LogP contribution in [0.1, 0.15) is 19.3 Å². The number of nitrogens with zero attached hydrogens (tertiary/aromatic N) is 1. The minimum absolute atomic E-state index is 0.202. The van der Waals surface area contributed by atoms with Crippen LogP contribution in [-0.4, -0.2) is 30.4 Å². The molecule has 1 fully saturated rings. The van der Waals surface area contributed by atoms with E-state index in [1.54, 1.807) is 0 Å². The van der Waals surface area contributed by atoms with Crippen LogP contribution in [0.15, 0.2) is 0 Å². The molecular weight excluding hydrogens is 152 g/mol. The van der Waals surface area contributed by atoms with E-state index in [9.17, 15) is 4.79 Å². The maximum absolute atomic E-state index is 10.5. The van der Waals surface area contributed by atoms with Gasteiger partial charge in [0.15, 0.2) is 0 Å². The van der Waals surface area contributed by atoms with E-state index in [0.29, 0.717) is 12.3 Å². The van der Waals surface area contributed by atoms with Gasteiger partial charge in [-0.05, 0) is 31.8 Å². The third-order valence-corrected chi connectivity index (χ3v) is 2.38. The van der Waals surface area contributed by atoms with Gasteiger partial charge < -0.3 is 10.6 Å². The lowest BCUT2D eigenvalue weighted by molar-refractivity contribution is -0.118. The second kappa shape index (κ2) is 4.45. The van der Waals surface area contributed by atoms with Gasteiger partial charge in [-0.15, -0.1) is 0 Å². The van der Waals surface area contributed by atoms with Gasteiger partial charge >= 0.3 is 0 Å². The molecule has 0 saturated carbocycles. The summed E-state index contributed by atoms with van der Waals surface area (Å²) in [5.41, 5.74) is 5.06. The Morgan fingerprint density at radius 3 is 2.58 bits per heavy atom. The molecule has 3 nitrogen and oxygen atoms in total. The number of likely N-dealkylation sites (tertiary alicyclic amines) is 1. The van der Waals surface area contributed by atoms with Crippen molar-refractivity contribution in [1.29, 1.82) is 0 Å². The van der Waals surface area contributed by atoms with Crippen molar-refractivity contribution in [2.24, 2.45) is 11.7 Å². The topological polar surface area (TPSA) is 46.3 Å². The standard InChI is InChI=1S/C9H17N2O/c1-8-2-5-11(6-3-8)7-4-9(10)12/h8H,1-7H2,(H2,10,12). The van der Waals surface area contributed by atoms with Crippen molar-refractivity contribution >= 4 is 5.91 Å². The van der Waals surface area contributed by atoms with Crippen LogP contribution >= 0.6 is 0 Å². The third kappa shape index (κ3) is 3.22. The predicted octanol–water partition coefficient (Wildman–Crippen LogP) is 0.408. The van der Waals surface area contributed by atoms with Crippen LogP contribution in [0, 0.1) is 12.8 Å². The molecule has 12 heavy (non-hydrogen) atoms. The highest BCUT2D eigenvalue weighted by Gasteiger charge is 2.15. The molecule has 1 aliphatic rings. The molecule has 1 rings (SSSR count). The Hall–Kier alpha value is -0.570. The number of rotatable bonds is 3. The number of primary amides is 1. The van der Waals surface area contributed by atoms with Gasteiger partial charge in [0.25, 0.3) is 0 Å². The van der Waals surface area contributed by atoms with E-state index in [0.717, 1.165) is 32.5 Å². The number of amides is 1. The van der Waals surface area contributed by atoms with E-state index < -0.39 is 0 Å². The number of hydrogen-bond acceptors (Lipinski definition) is 2. The van der Waals surface area contributed by atoms with Crippen LogP contribution in [0.3, 0.4) is 0 Å². The van der Waals surface area contributed by atoms with Gasteiger partial charge in [-0.1, -0.05) is 6.92 Å². The van der Waals surface area contributed by atoms with Crippen LogP contribution in [0.4, 0.5) is 0 Å². The van der Waals surface area contributed by atoms with E-state index >= 15 is 0 Å². The summed E-state index contributed by atoms with van der Waals surface area (Å²) in [7, 11) is 0. The number of piperidine rings is 1. The second-order valence-electron chi connectivity index (χ2n) is 3.50. The van der Waals surface area contributed by atoms with Crippen molar-refractivity contribution in [1.82, 2.24) is 4.90 Å². The zero-order chi connectivity index (χ0) is 8.97. The summed E-state index contributed by atoms with van der Waals surface area (Å²) in [6, 6.07) is 0. The van der Waals surface area contributed by atoms with Crippen LogP contribution in [0.25, 0.3) is 0 Å². The minimum Gasteiger partial charge on any atom is -0.370 e. The highest BCUT2D eigenvalue weighted by Crippen LogP contribution is 2.15. The van der Waals surface area contributed by atoms with E-state index in [1.807, 2.05) is 0 Å². The van der Waals surface area contributed by atoms with Crippen molar-refractivity contribution in [3.8, 4) is 0 Å². The first kappa shape index (κ1) is 9.52. The smallest absolute Gasteiger partial charge is 0.218 e. The predicted molar refractivity (Wildman–Crippen MR) is 48.3 cm³/mol.